The van der Waals surface area contributed by atoms with Crippen LogP contribution in [0.1, 0.15) is 92.7 Å². The van der Waals surface area contributed by atoms with Gasteiger partial charge in [-0.05, 0) is 117 Å². The Hall–Kier alpha value is -5.80. The van der Waals surface area contributed by atoms with E-state index in [0.717, 1.165) is 11.1 Å². The van der Waals surface area contributed by atoms with E-state index in [9.17, 15) is 28.8 Å². The van der Waals surface area contributed by atoms with Crippen molar-refractivity contribution in [2.75, 3.05) is 26.7 Å². The quantitative estimate of drug-likeness (QED) is 0.0583. The van der Waals surface area contributed by atoms with Crippen molar-refractivity contribution in [3.05, 3.63) is 96.1 Å². The summed E-state index contributed by atoms with van der Waals surface area (Å²) < 4.78 is 43.6. The highest BCUT2D eigenvalue weighted by molar-refractivity contribution is 6.03. The van der Waals surface area contributed by atoms with Crippen LogP contribution in [0.2, 0.25) is 0 Å². The second kappa shape index (κ2) is 20.8. The zero-order valence-electron chi connectivity index (χ0n) is 37.2. The SMILES string of the molecule is C[C@H]([C@H](CCc1ccccc1)c1ccc(Oc2ccccc2)cc1)N(CC(=O)OC(C)(C)C)C(=O)[C@@H]1COC(C(=O)OCOC(=O)C(C)(C)C)(C(=O)OCOC(=O)C(C)(C)C)O1. The number of carbonyl (C=O) groups excluding carboxylic acids is 6. The van der Waals surface area contributed by atoms with Crippen molar-refractivity contribution < 1.29 is 66.7 Å². The van der Waals surface area contributed by atoms with Crippen LogP contribution >= 0.6 is 0 Å². The van der Waals surface area contributed by atoms with E-state index in [1.807, 2.05) is 84.9 Å². The highest BCUT2D eigenvalue weighted by Crippen LogP contribution is 2.34. The number of benzene rings is 3. The Morgan fingerprint density at radius 2 is 1.19 bits per heavy atom. The molecule has 1 aliphatic rings. The Labute approximate surface area is 363 Å². The fourth-order valence-electron chi connectivity index (χ4n) is 6.18. The molecule has 1 heterocycles. The van der Waals surface area contributed by atoms with Gasteiger partial charge in [0.25, 0.3) is 5.91 Å². The molecule has 0 aromatic heterocycles. The Morgan fingerprint density at radius 3 is 1.69 bits per heavy atom. The molecule has 0 aliphatic carbocycles. The van der Waals surface area contributed by atoms with Crippen LogP contribution in [0.4, 0.5) is 0 Å². The van der Waals surface area contributed by atoms with Gasteiger partial charge < -0.3 is 42.8 Å². The van der Waals surface area contributed by atoms with Crippen LogP contribution in [0, 0.1) is 10.8 Å². The van der Waals surface area contributed by atoms with Crippen LogP contribution in [-0.4, -0.2) is 90.9 Å². The van der Waals surface area contributed by atoms with Crippen molar-refractivity contribution in [1.82, 2.24) is 4.90 Å². The average Bonchev–Trinajstić information content (AvgIpc) is 3.67. The maximum Gasteiger partial charge on any atom is 0.382 e. The van der Waals surface area contributed by atoms with E-state index in [0.29, 0.717) is 24.3 Å². The number of ether oxygens (including phenoxy) is 8. The van der Waals surface area contributed by atoms with Crippen molar-refractivity contribution in [3.63, 3.8) is 0 Å². The molecule has 1 aliphatic heterocycles. The zero-order chi connectivity index (χ0) is 45.9. The predicted molar refractivity (Wildman–Crippen MR) is 224 cm³/mol. The van der Waals surface area contributed by atoms with Crippen molar-refractivity contribution in [3.8, 4) is 11.5 Å². The smallest absolute Gasteiger partial charge is 0.382 e. The molecular formula is C47H59NO14. The monoisotopic (exact) mass is 861 g/mol. The summed E-state index contributed by atoms with van der Waals surface area (Å²) in [5.74, 6) is -8.18. The molecule has 1 amide bonds. The summed E-state index contributed by atoms with van der Waals surface area (Å²) in [6.07, 6.45) is -0.547. The van der Waals surface area contributed by atoms with Gasteiger partial charge in [0.15, 0.2) is 6.10 Å². The lowest BCUT2D eigenvalue weighted by atomic mass is 9.85. The zero-order valence-corrected chi connectivity index (χ0v) is 37.2. The molecule has 1 fully saturated rings. The van der Waals surface area contributed by atoms with Crippen LogP contribution < -0.4 is 4.74 Å². The van der Waals surface area contributed by atoms with Gasteiger partial charge in [0, 0.05) is 12.0 Å². The summed E-state index contributed by atoms with van der Waals surface area (Å²) in [5.41, 5.74) is -0.935. The van der Waals surface area contributed by atoms with E-state index in [2.05, 4.69) is 0 Å². The van der Waals surface area contributed by atoms with E-state index >= 15 is 0 Å². The fraction of sp³-hybridized carbons (Fsp3) is 0.489. The molecule has 15 heteroatoms. The minimum Gasteiger partial charge on any atom is -0.459 e. The highest BCUT2D eigenvalue weighted by Gasteiger charge is 2.60. The molecule has 0 spiro atoms. The molecule has 0 saturated carbocycles. The topological polar surface area (TPSA) is 179 Å². The number of hydrogen-bond acceptors (Lipinski definition) is 14. The van der Waals surface area contributed by atoms with Crippen LogP contribution in [0.3, 0.4) is 0 Å². The van der Waals surface area contributed by atoms with Gasteiger partial charge in [0.2, 0.25) is 13.6 Å². The van der Waals surface area contributed by atoms with Crippen molar-refractivity contribution in [1.29, 1.82) is 0 Å². The Morgan fingerprint density at radius 1 is 0.694 bits per heavy atom. The first kappa shape index (κ1) is 48.9. The van der Waals surface area contributed by atoms with Gasteiger partial charge >= 0.3 is 35.6 Å². The van der Waals surface area contributed by atoms with Crippen LogP contribution in [-0.2, 0) is 68.3 Å². The van der Waals surface area contributed by atoms with E-state index < -0.39 is 103 Å². The van der Waals surface area contributed by atoms with E-state index in [1.54, 1.807) is 69.2 Å². The number of aryl methyl sites for hydroxylation is 1. The largest absolute Gasteiger partial charge is 0.459 e. The Bertz CT molecular complexity index is 1950. The molecule has 4 rings (SSSR count). The molecule has 62 heavy (non-hydrogen) atoms. The van der Waals surface area contributed by atoms with E-state index in [-0.39, 0.29) is 0 Å². The first-order chi connectivity index (χ1) is 29.0. The minimum atomic E-state index is -3.02. The summed E-state index contributed by atoms with van der Waals surface area (Å²) >= 11 is 0. The van der Waals surface area contributed by atoms with Crippen LogP contribution in [0.15, 0.2) is 84.9 Å². The second-order valence-electron chi connectivity index (χ2n) is 17.9. The summed E-state index contributed by atoms with van der Waals surface area (Å²) in [4.78, 5) is 81.7. The maximum absolute atomic E-state index is 14.8. The van der Waals surface area contributed by atoms with Gasteiger partial charge in [-0.15, -0.1) is 0 Å². The molecule has 0 bridgehead atoms. The summed E-state index contributed by atoms with van der Waals surface area (Å²) in [6, 6.07) is 25.8. The van der Waals surface area contributed by atoms with Crippen molar-refractivity contribution in [2.45, 2.75) is 112 Å². The molecule has 0 unspecified atom stereocenters. The lowest BCUT2D eigenvalue weighted by Gasteiger charge is -2.36. The van der Waals surface area contributed by atoms with Gasteiger partial charge in [-0.2, -0.15) is 0 Å². The maximum atomic E-state index is 14.8. The number of para-hydroxylation sites is 1. The molecule has 336 valence electrons. The fourth-order valence-corrected chi connectivity index (χ4v) is 6.18. The standard InChI is InChI=1S/C47H59NO14/c1-31(36(26-21-32-17-13-11-14-18-32)33-22-24-35(25-23-33)60-34-19-15-12-16-20-34)48(27-38(49)62-46(8,9)10)39(50)37-28-59-47(61-37,42(53)57-29-55-40(51)44(2,3)4)43(54)58-30-56-41(52)45(5,6)7/h11-20,22-25,31,36-37H,21,26-30H2,1-10H3/t31-,36+,37+/m1/s1. The normalized spacial score (nSPS) is 15.9. The number of amides is 1. The van der Waals surface area contributed by atoms with Gasteiger partial charge in [-0.3, -0.25) is 19.2 Å². The number of hydrogen-bond donors (Lipinski definition) is 0. The van der Waals surface area contributed by atoms with Gasteiger partial charge in [-0.25, -0.2) is 9.59 Å². The lowest BCUT2D eigenvalue weighted by Crippen LogP contribution is -2.54. The lowest BCUT2D eigenvalue weighted by molar-refractivity contribution is -0.235. The summed E-state index contributed by atoms with van der Waals surface area (Å²) in [6.45, 7) is 13.3. The minimum absolute atomic E-state index is 0.399. The molecule has 3 aromatic rings. The first-order valence-corrected chi connectivity index (χ1v) is 20.4. The number of rotatable bonds is 17. The first-order valence-electron chi connectivity index (χ1n) is 20.4. The molecule has 0 N–H and O–H groups in total. The van der Waals surface area contributed by atoms with Gasteiger partial charge in [0.1, 0.15) is 23.6 Å². The van der Waals surface area contributed by atoms with Crippen LogP contribution in [0.5, 0.6) is 11.5 Å². The number of carbonyl (C=O) groups is 6. The molecule has 15 nitrogen and oxygen atoms in total. The average molecular weight is 862 g/mol. The molecule has 3 aromatic carbocycles. The van der Waals surface area contributed by atoms with Gasteiger partial charge in [-0.1, -0.05) is 60.7 Å². The third-order valence-electron chi connectivity index (χ3n) is 9.49. The second-order valence-corrected chi connectivity index (χ2v) is 17.9. The highest BCUT2D eigenvalue weighted by atomic mass is 16.8. The van der Waals surface area contributed by atoms with Crippen molar-refractivity contribution in [2.24, 2.45) is 10.8 Å². The van der Waals surface area contributed by atoms with Gasteiger partial charge in [0.05, 0.1) is 17.4 Å². The third kappa shape index (κ3) is 13.9. The predicted octanol–water partition coefficient (Wildman–Crippen LogP) is 7.05. The Kier molecular flexibility index (Phi) is 16.4. The molecule has 3 atom stereocenters. The van der Waals surface area contributed by atoms with Crippen molar-refractivity contribution >= 4 is 35.8 Å². The summed E-state index contributed by atoms with van der Waals surface area (Å²) in [5, 5.41) is 0. The molecule has 1 saturated heterocycles. The van der Waals surface area contributed by atoms with Crippen LogP contribution in [0.25, 0.3) is 0 Å². The summed E-state index contributed by atoms with van der Waals surface area (Å²) in [7, 11) is 0. The molecule has 0 radical (unpaired) electrons. The van der Waals surface area contributed by atoms with E-state index in [4.69, 9.17) is 37.9 Å². The van der Waals surface area contributed by atoms with E-state index in [1.165, 1.54) is 4.90 Å². The molecular weight excluding hydrogens is 803 g/mol. The third-order valence-corrected chi connectivity index (χ3v) is 9.49. The number of esters is 5. The Balaban J connectivity index is 1.68. The number of nitrogens with zero attached hydrogens (tertiary/aromatic N) is 1.